The van der Waals surface area contributed by atoms with Gasteiger partial charge in [-0.3, -0.25) is 4.79 Å². The SMILES string of the molecule is CCCCCCCCCC/C=C\CCCCCCCCCCCCCCCCCCCCCCCCCCCCCC(=O)NC(CO)C(O)CCCCCCCCCCCCCCC. The number of aliphatic hydroxyl groups excluding tert-OH is 2. The first kappa shape index (κ1) is 63.1. The van der Waals surface area contributed by atoms with Crippen LogP contribution in [0.15, 0.2) is 12.2 Å². The monoisotopic (exact) mass is 902 g/mol. The third kappa shape index (κ3) is 52.1. The van der Waals surface area contributed by atoms with E-state index in [0.717, 1.165) is 25.7 Å². The molecule has 0 radical (unpaired) electrons. The van der Waals surface area contributed by atoms with Crippen LogP contribution in [0.3, 0.4) is 0 Å². The number of rotatable bonds is 56. The van der Waals surface area contributed by atoms with Crippen molar-refractivity contribution in [1.82, 2.24) is 5.32 Å². The molecule has 0 aromatic rings. The van der Waals surface area contributed by atoms with Gasteiger partial charge in [0, 0.05) is 6.42 Å². The first-order chi connectivity index (χ1) is 31.7. The van der Waals surface area contributed by atoms with Crippen LogP contribution in [0.5, 0.6) is 0 Å². The van der Waals surface area contributed by atoms with Gasteiger partial charge in [-0.15, -0.1) is 0 Å². The van der Waals surface area contributed by atoms with Gasteiger partial charge >= 0.3 is 0 Å². The Hall–Kier alpha value is -0.870. The summed E-state index contributed by atoms with van der Waals surface area (Å²) in [5.41, 5.74) is 0. The molecule has 0 bridgehead atoms. The van der Waals surface area contributed by atoms with Crippen molar-refractivity contribution in [2.45, 2.75) is 360 Å². The predicted molar refractivity (Wildman–Crippen MR) is 286 cm³/mol. The second-order valence-corrected chi connectivity index (χ2v) is 20.8. The Morgan fingerprint density at radius 3 is 0.859 bits per heavy atom. The van der Waals surface area contributed by atoms with E-state index in [0.29, 0.717) is 12.8 Å². The van der Waals surface area contributed by atoms with Crippen LogP contribution in [0.1, 0.15) is 348 Å². The molecule has 0 aromatic carbocycles. The minimum absolute atomic E-state index is 0.0241. The van der Waals surface area contributed by atoms with E-state index in [1.165, 1.54) is 295 Å². The zero-order valence-corrected chi connectivity index (χ0v) is 44.1. The highest BCUT2D eigenvalue weighted by Crippen LogP contribution is 2.18. The fourth-order valence-corrected chi connectivity index (χ4v) is 9.71. The smallest absolute Gasteiger partial charge is 0.220 e. The molecule has 2 atom stereocenters. The molecule has 0 aromatic heterocycles. The van der Waals surface area contributed by atoms with Crippen molar-refractivity contribution >= 4 is 5.91 Å². The van der Waals surface area contributed by atoms with E-state index >= 15 is 0 Å². The lowest BCUT2D eigenvalue weighted by Crippen LogP contribution is -2.45. The van der Waals surface area contributed by atoms with Gasteiger partial charge in [-0.05, 0) is 38.5 Å². The minimum atomic E-state index is -0.654. The third-order valence-electron chi connectivity index (χ3n) is 14.3. The molecule has 0 saturated heterocycles. The minimum Gasteiger partial charge on any atom is -0.394 e. The Labute approximate surface area is 403 Å². The van der Waals surface area contributed by atoms with E-state index in [4.69, 9.17) is 0 Å². The van der Waals surface area contributed by atoms with Gasteiger partial charge in [-0.1, -0.05) is 315 Å². The molecular formula is C60H119NO3. The van der Waals surface area contributed by atoms with Crippen molar-refractivity contribution in [2.75, 3.05) is 6.61 Å². The van der Waals surface area contributed by atoms with Crippen LogP contribution in [0.25, 0.3) is 0 Å². The summed E-state index contributed by atoms with van der Waals surface area (Å²) < 4.78 is 0. The number of hydrogen-bond acceptors (Lipinski definition) is 3. The number of allylic oxidation sites excluding steroid dienone is 2. The van der Waals surface area contributed by atoms with Gasteiger partial charge in [0.2, 0.25) is 5.91 Å². The lowest BCUT2D eigenvalue weighted by atomic mass is 10.0. The molecule has 0 fully saturated rings. The molecule has 3 N–H and O–H groups in total. The van der Waals surface area contributed by atoms with Crippen molar-refractivity contribution in [3.63, 3.8) is 0 Å². The first-order valence-corrected chi connectivity index (χ1v) is 29.9. The first-order valence-electron chi connectivity index (χ1n) is 29.9. The van der Waals surface area contributed by atoms with Crippen LogP contribution in [0.2, 0.25) is 0 Å². The fraction of sp³-hybridized carbons (Fsp3) is 0.950. The highest BCUT2D eigenvalue weighted by molar-refractivity contribution is 5.76. The van der Waals surface area contributed by atoms with Gasteiger partial charge in [0.25, 0.3) is 0 Å². The summed E-state index contributed by atoms with van der Waals surface area (Å²) in [4.78, 5) is 12.5. The number of amides is 1. The van der Waals surface area contributed by atoms with Gasteiger partial charge in [-0.2, -0.15) is 0 Å². The van der Waals surface area contributed by atoms with Crippen LogP contribution in [0.4, 0.5) is 0 Å². The maximum Gasteiger partial charge on any atom is 0.220 e. The summed E-state index contributed by atoms with van der Waals surface area (Å²) in [5.74, 6) is -0.0241. The fourth-order valence-electron chi connectivity index (χ4n) is 9.71. The zero-order chi connectivity index (χ0) is 46.3. The summed E-state index contributed by atoms with van der Waals surface area (Å²) in [6.45, 7) is 4.38. The molecule has 4 nitrogen and oxygen atoms in total. The normalized spacial score (nSPS) is 12.8. The van der Waals surface area contributed by atoms with Crippen LogP contribution in [0, 0.1) is 0 Å². The molecular weight excluding hydrogens is 783 g/mol. The highest BCUT2D eigenvalue weighted by Gasteiger charge is 2.20. The van der Waals surface area contributed by atoms with E-state index in [9.17, 15) is 15.0 Å². The van der Waals surface area contributed by atoms with Crippen LogP contribution in [-0.2, 0) is 4.79 Å². The molecule has 382 valence electrons. The molecule has 1 amide bonds. The summed E-state index contributed by atoms with van der Waals surface area (Å²) in [6, 6.07) is -0.531. The molecule has 64 heavy (non-hydrogen) atoms. The van der Waals surface area contributed by atoms with Crippen LogP contribution in [-0.4, -0.2) is 34.9 Å². The summed E-state index contributed by atoms with van der Waals surface area (Å²) in [6.07, 6.45) is 73.8. The molecule has 0 rings (SSSR count). The van der Waals surface area contributed by atoms with E-state index in [-0.39, 0.29) is 12.5 Å². The second kappa shape index (κ2) is 56.5. The van der Waals surface area contributed by atoms with Gasteiger partial charge in [-0.25, -0.2) is 0 Å². The van der Waals surface area contributed by atoms with Crippen LogP contribution < -0.4 is 5.32 Å². The standard InChI is InChI=1S/C60H119NO3/c1-3-5-7-9-11-13-15-17-18-19-20-21-22-23-24-25-26-27-28-29-30-31-32-33-34-35-36-37-38-39-40-41-42-44-46-48-50-52-54-56-60(64)61-58(57-62)59(63)55-53-51-49-47-45-43-16-14-12-10-8-6-4-2/h19-20,58-59,62-63H,3-18,21-57H2,1-2H3,(H,61,64)/b20-19-. The van der Waals surface area contributed by atoms with Crippen molar-refractivity contribution in [3.05, 3.63) is 12.2 Å². The van der Waals surface area contributed by atoms with E-state index in [2.05, 4.69) is 31.3 Å². The molecule has 0 heterocycles. The Morgan fingerprint density at radius 2 is 0.594 bits per heavy atom. The summed E-state index contributed by atoms with van der Waals surface area (Å²) in [5, 5.41) is 23.3. The summed E-state index contributed by atoms with van der Waals surface area (Å²) in [7, 11) is 0. The van der Waals surface area contributed by atoms with Gasteiger partial charge in [0.1, 0.15) is 0 Å². The van der Waals surface area contributed by atoms with Crippen LogP contribution >= 0.6 is 0 Å². The third-order valence-corrected chi connectivity index (χ3v) is 14.3. The summed E-state index contributed by atoms with van der Waals surface area (Å²) >= 11 is 0. The van der Waals surface area contributed by atoms with Crippen molar-refractivity contribution < 1.29 is 15.0 Å². The number of hydrogen-bond donors (Lipinski definition) is 3. The van der Waals surface area contributed by atoms with Gasteiger partial charge in [0.15, 0.2) is 0 Å². The topological polar surface area (TPSA) is 69.6 Å². The maximum atomic E-state index is 12.5. The molecule has 4 heteroatoms. The second-order valence-electron chi connectivity index (χ2n) is 20.8. The molecule has 2 unspecified atom stereocenters. The highest BCUT2D eigenvalue weighted by atomic mass is 16.3. The number of aliphatic hydroxyl groups is 2. The molecule has 0 spiro atoms. The van der Waals surface area contributed by atoms with E-state index < -0.39 is 12.1 Å². The Balaban J connectivity index is 3.32. The maximum absolute atomic E-state index is 12.5. The lowest BCUT2D eigenvalue weighted by molar-refractivity contribution is -0.123. The average molecular weight is 903 g/mol. The molecule has 0 aliphatic heterocycles. The lowest BCUT2D eigenvalue weighted by Gasteiger charge is -2.22. The van der Waals surface area contributed by atoms with E-state index in [1.54, 1.807) is 0 Å². The molecule has 0 aliphatic rings. The Kier molecular flexibility index (Phi) is 55.7. The zero-order valence-electron chi connectivity index (χ0n) is 44.1. The molecule has 0 aliphatic carbocycles. The van der Waals surface area contributed by atoms with Crippen molar-refractivity contribution in [2.24, 2.45) is 0 Å². The Bertz CT molecular complexity index is 890. The quantitative estimate of drug-likeness (QED) is 0.0421. The number of carbonyl (C=O) groups is 1. The predicted octanol–water partition coefficient (Wildman–Crippen LogP) is 19.7. The van der Waals surface area contributed by atoms with E-state index in [1.807, 2.05) is 0 Å². The number of nitrogens with one attached hydrogen (secondary N) is 1. The average Bonchev–Trinajstić information content (AvgIpc) is 3.30. The van der Waals surface area contributed by atoms with Gasteiger partial charge in [0.05, 0.1) is 18.8 Å². The van der Waals surface area contributed by atoms with Gasteiger partial charge < -0.3 is 15.5 Å². The largest absolute Gasteiger partial charge is 0.394 e. The number of carbonyl (C=O) groups excluding carboxylic acids is 1. The van der Waals surface area contributed by atoms with Crippen molar-refractivity contribution in [3.8, 4) is 0 Å². The van der Waals surface area contributed by atoms with Crippen molar-refractivity contribution in [1.29, 1.82) is 0 Å². The molecule has 0 saturated carbocycles. The Morgan fingerprint density at radius 1 is 0.359 bits per heavy atom. The number of unbranched alkanes of at least 4 members (excludes halogenated alkanes) is 47.